The lowest BCUT2D eigenvalue weighted by Crippen LogP contribution is -2.49. The third-order valence-corrected chi connectivity index (χ3v) is 21.0. The predicted molar refractivity (Wildman–Crippen MR) is 303 cm³/mol. The average molecular weight is 932 g/mol. The second-order valence-electron chi connectivity index (χ2n) is 20.8. The standard InChI is InChI=1S/C65H53N5Si/c1-42-35-45(39-49(36-42)71(5,6)65(2,3)4)64-66-56(43-31-33-46(34-32-43)68-58-25-13-7-19-50(58)51-20-8-14-26-59(51)68)41-57(67-64)44-37-47(69-60-27-15-9-21-52(60)53-22-10-16-28-61(53)69)40-48(38-44)70-62-29-17-11-23-54(62)55-24-12-18-30-63(55)70/h7-41H,1-6H3. The van der Waals surface area contributed by atoms with Crippen LogP contribution in [0.4, 0.5) is 0 Å². The minimum absolute atomic E-state index is 0.153. The summed E-state index contributed by atoms with van der Waals surface area (Å²) in [4.78, 5) is 11.1. The van der Waals surface area contributed by atoms with Gasteiger partial charge in [-0.2, -0.15) is 0 Å². The smallest absolute Gasteiger partial charge is 0.160 e. The first kappa shape index (κ1) is 42.8. The first-order valence-electron chi connectivity index (χ1n) is 24.7. The molecule has 5 nitrogen and oxygen atoms in total. The van der Waals surface area contributed by atoms with Gasteiger partial charge >= 0.3 is 0 Å². The molecule has 0 unspecified atom stereocenters. The predicted octanol–water partition coefficient (Wildman–Crippen LogP) is 16.8. The molecule has 0 aliphatic rings. The topological polar surface area (TPSA) is 40.6 Å². The monoisotopic (exact) mass is 931 g/mol. The molecule has 0 saturated carbocycles. The van der Waals surface area contributed by atoms with E-state index in [1.54, 1.807) is 0 Å². The Hall–Kier alpha value is -8.32. The molecule has 0 aliphatic carbocycles. The molecular weight excluding hydrogens is 879 g/mol. The fourth-order valence-corrected chi connectivity index (χ4v) is 12.9. The highest BCUT2D eigenvalue weighted by atomic mass is 28.3. The number of benzene rings is 9. The van der Waals surface area contributed by atoms with Gasteiger partial charge in [-0.25, -0.2) is 9.97 Å². The highest BCUT2D eigenvalue weighted by molar-refractivity contribution is 6.92. The van der Waals surface area contributed by atoms with Crippen LogP contribution in [0.2, 0.25) is 18.1 Å². The van der Waals surface area contributed by atoms with Gasteiger partial charge in [-0.1, -0.05) is 178 Å². The lowest BCUT2D eigenvalue weighted by atomic mass is 10.0. The summed E-state index contributed by atoms with van der Waals surface area (Å²) >= 11 is 0. The van der Waals surface area contributed by atoms with Gasteiger partial charge in [0, 0.05) is 66.1 Å². The molecule has 0 bridgehead atoms. The number of nitrogens with zero attached hydrogens (tertiary/aromatic N) is 5. The van der Waals surface area contributed by atoms with E-state index in [0.717, 1.165) is 67.2 Å². The number of aryl methyl sites for hydroxylation is 1. The summed E-state index contributed by atoms with van der Waals surface area (Å²) in [5.74, 6) is 0.716. The maximum absolute atomic E-state index is 5.63. The van der Waals surface area contributed by atoms with Crippen LogP contribution in [0, 0.1) is 6.92 Å². The molecule has 9 aromatic carbocycles. The number of rotatable bonds is 7. The lowest BCUT2D eigenvalue weighted by Gasteiger charge is -2.37. The van der Waals surface area contributed by atoms with Gasteiger partial charge in [0.15, 0.2) is 5.82 Å². The molecule has 0 spiro atoms. The van der Waals surface area contributed by atoms with Gasteiger partial charge in [-0.15, -0.1) is 0 Å². The summed E-state index contributed by atoms with van der Waals surface area (Å²) in [5, 5.41) is 8.94. The summed E-state index contributed by atoms with van der Waals surface area (Å²) in [6, 6.07) is 77.6. The Morgan fingerprint density at radius 2 is 0.718 bits per heavy atom. The number of fused-ring (bicyclic) bond motifs is 9. The van der Waals surface area contributed by atoms with E-state index in [2.05, 4.69) is 267 Å². The van der Waals surface area contributed by atoms with Crippen LogP contribution in [0.1, 0.15) is 26.3 Å². The Bertz CT molecular complexity index is 3960. The maximum atomic E-state index is 5.63. The van der Waals surface area contributed by atoms with Crippen LogP contribution in [-0.2, 0) is 0 Å². The molecule has 0 radical (unpaired) electrons. The second-order valence-corrected chi connectivity index (χ2v) is 26.1. The fourth-order valence-electron chi connectivity index (χ4n) is 11.0. The summed E-state index contributed by atoms with van der Waals surface area (Å²) in [7, 11) is -1.93. The Kier molecular flexibility index (Phi) is 9.71. The van der Waals surface area contributed by atoms with Crippen molar-refractivity contribution >= 4 is 78.7 Å². The summed E-state index contributed by atoms with van der Waals surface area (Å²) in [6.45, 7) is 14.4. The molecule has 13 rings (SSSR count). The number of para-hydroxylation sites is 6. The van der Waals surface area contributed by atoms with Gasteiger partial charge in [0.25, 0.3) is 0 Å². The largest absolute Gasteiger partial charge is 0.309 e. The highest BCUT2D eigenvalue weighted by Crippen LogP contribution is 2.40. The molecule has 0 atom stereocenters. The quantitative estimate of drug-likeness (QED) is 0.149. The van der Waals surface area contributed by atoms with E-state index in [0.29, 0.717) is 5.82 Å². The van der Waals surface area contributed by atoms with Crippen molar-refractivity contribution in [2.24, 2.45) is 0 Å². The Morgan fingerprint density at radius 3 is 1.11 bits per heavy atom. The maximum Gasteiger partial charge on any atom is 0.160 e. The Labute approximate surface area is 414 Å². The van der Waals surface area contributed by atoms with E-state index >= 15 is 0 Å². The molecular formula is C65H53N5Si. The number of hydrogen-bond donors (Lipinski definition) is 0. The molecule has 13 aromatic rings. The van der Waals surface area contributed by atoms with Crippen LogP contribution in [0.3, 0.4) is 0 Å². The molecule has 71 heavy (non-hydrogen) atoms. The van der Waals surface area contributed by atoms with E-state index < -0.39 is 8.07 Å². The van der Waals surface area contributed by atoms with Gasteiger partial charge in [0.2, 0.25) is 0 Å². The van der Waals surface area contributed by atoms with Gasteiger partial charge < -0.3 is 13.7 Å². The van der Waals surface area contributed by atoms with E-state index in [9.17, 15) is 0 Å². The van der Waals surface area contributed by atoms with Crippen molar-refractivity contribution in [1.29, 1.82) is 0 Å². The van der Waals surface area contributed by atoms with Crippen LogP contribution in [0.15, 0.2) is 212 Å². The van der Waals surface area contributed by atoms with E-state index in [-0.39, 0.29) is 5.04 Å². The van der Waals surface area contributed by atoms with E-state index in [1.807, 2.05) is 0 Å². The third kappa shape index (κ3) is 6.88. The fraction of sp³-hybridized carbons (Fsp3) is 0.108. The van der Waals surface area contributed by atoms with Crippen LogP contribution in [0.5, 0.6) is 0 Å². The molecule has 0 saturated heterocycles. The first-order chi connectivity index (χ1) is 34.5. The normalized spacial score (nSPS) is 12.4. The zero-order valence-corrected chi connectivity index (χ0v) is 41.9. The summed E-state index contributed by atoms with van der Waals surface area (Å²) < 4.78 is 7.22. The number of hydrogen-bond acceptors (Lipinski definition) is 2. The molecule has 0 N–H and O–H groups in total. The van der Waals surface area contributed by atoms with Crippen molar-refractivity contribution in [2.75, 3.05) is 0 Å². The van der Waals surface area contributed by atoms with Crippen molar-refractivity contribution < 1.29 is 0 Å². The zero-order chi connectivity index (χ0) is 48.2. The third-order valence-electron chi connectivity index (χ3n) is 15.5. The van der Waals surface area contributed by atoms with Crippen molar-refractivity contribution in [3.05, 3.63) is 218 Å². The SMILES string of the molecule is Cc1cc(-c2nc(-c3ccc(-n4c5ccccc5c5ccccc54)cc3)cc(-c3cc(-n4c5ccccc5c5ccccc54)cc(-n4c5ccccc5c5ccccc54)c3)n2)cc([Si](C)(C)C(C)(C)C)c1. The molecule has 0 aliphatic heterocycles. The minimum Gasteiger partial charge on any atom is -0.309 e. The van der Waals surface area contributed by atoms with Crippen molar-refractivity contribution in [1.82, 2.24) is 23.7 Å². The molecule has 342 valence electrons. The zero-order valence-electron chi connectivity index (χ0n) is 40.9. The minimum atomic E-state index is -1.93. The van der Waals surface area contributed by atoms with Crippen LogP contribution >= 0.6 is 0 Å². The Balaban J connectivity index is 1.07. The molecule has 0 fully saturated rings. The van der Waals surface area contributed by atoms with Crippen LogP contribution < -0.4 is 5.19 Å². The molecule has 4 heterocycles. The van der Waals surface area contributed by atoms with Gasteiger partial charge in [-0.05, 0) is 90.8 Å². The summed E-state index contributed by atoms with van der Waals surface area (Å²) in [5.41, 5.74) is 16.2. The summed E-state index contributed by atoms with van der Waals surface area (Å²) in [6.07, 6.45) is 0. The first-order valence-corrected chi connectivity index (χ1v) is 27.7. The molecule has 4 aromatic heterocycles. The average Bonchev–Trinajstić information content (AvgIpc) is 4.04. The highest BCUT2D eigenvalue weighted by Gasteiger charge is 2.37. The van der Waals surface area contributed by atoms with Crippen LogP contribution in [0.25, 0.3) is 116 Å². The van der Waals surface area contributed by atoms with Gasteiger partial charge in [-0.3, -0.25) is 0 Å². The van der Waals surface area contributed by atoms with Gasteiger partial charge in [0.1, 0.15) is 0 Å². The van der Waals surface area contributed by atoms with Crippen molar-refractivity contribution in [3.8, 4) is 51.0 Å². The van der Waals surface area contributed by atoms with E-state index in [4.69, 9.17) is 9.97 Å². The van der Waals surface area contributed by atoms with Crippen molar-refractivity contribution in [2.45, 2.75) is 45.8 Å². The number of aromatic nitrogens is 5. The second kappa shape index (κ2) is 16.1. The molecule has 0 amide bonds. The Morgan fingerprint density at radius 1 is 0.352 bits per heavy atom. The van der Waals surface area contributed by atoms with Crippen LogP contribution in [-0.4, -0.2) is 31.7 Å². The van der Waals surface area contributed by atoms with Gasteiger partial charge in [0.05, 0.1) is 52.6 Å². The van der Waals surface area contributed by atoms with E-state index in [1.165, 1.54) is 54.1 Å². The lowest BCUT2D eigenvalue weighted by molar-refractivity contribution is 0.729. The molecule has 6 heteroatoms. The van der Waals surface area contributed by atoms with Crippen molar-refractivity contribution in [3.63, 3.8) is 0 Å².